The average Bonchev–Trinajstić information content (AvgIpc) is 3.46. The Hall–Kier alpha value is -5.86. The highest BCUT2D eigenvalue weighted by Crippen LogP contribution is 2.50. The van der Waals surface area contributed by atoms with Crippen molar-refractivity contribution < 1.29 is 0 Å². The highest BCUT2D eigenvalue weighted by molar-refractivity contribution is 5.85. The van der Waals surface area contributed by atoms with Crippen LogP contribution in [-0.4, -0.2) is 0 Å². The van der Waals surface area contributed by atoms with E-state index in [0.717, 1.165) is 43.5 Å². The Morgan fingerprint density at radius 3 is 1.98 bits per heavy atom. The van der Waals surface area contributed by atoms with E-state index in [4.69, 9.17) is 5.73 Å². The van der Waals surface area contributed by atoms with Crippen LogP contribution in [0.1, 0.15) is 120 Å². The summed E-state index contributed by atoms with van der Waals surface area (Å²) in [6, 6.07) is 34.9. The number of anilines is 2. The molecule has 0 fully saturated rings. The first-order valence-electron chi connectivity index (χ1n) is 21.3. The van der Waals surface area contributed by atoms with Crippen molar-refractivity contribution in [3.63, 3.8) is 0 Å². The van der Waals surface area contributed by atoms with Crippen LogP contribution in [0.15, 0.2) is 163 Å². The third-order valence-electron chi connectivity index (χ3n) is 12.0. The van der Waals surface area contributed by atoms with Gasteiger partial charge in [0, 0.05) is 23.0 Å². The zero-order chi connectivity index (χ0) is 41.2. The van der Waals surface area contributed by atoms with Gasteiger partial charge in [0.1, 0.15) is 0 Å². The summed E-state index contributed by atoms with van der Waals surface area (Å²) >= 11 is 0. The Balaban J connectivity index is 0.000000229. The quantitative estimate of drug-likeness (QED) is 0.0981. The molecule has 1 atom stereocenters. The van der Waals surface area contributed by atoms with Crippen molar-refractivity contribution >= 4 is 40.4 Å². The lowest BCUT2D eigenvalue weighted by molar-refractivity contribution is 0.661. The minimum absolute atomic E-state index is 0.0706. The molecule has 5 aromatic carbocycles. The van der Waals surface area contributed by atoms with Gasteiger partial charge in [0.2, 0.25) is 0 Å². The summed E-state index contributed by atoms with van der Waals surface area (Å²) in [5.74, 6) is 0.624. The van der Waals surface area contributed by atoms with Gasteiger partial charge in [0.25, 0.3) is 0 Å². The zero-order valence-corrected chi connectivity index (χ0v) is 35.8. The molecule has 7 rings (SSSR count). The predicted molar refractivity (Wildman–Crippen MR) is 257 cm³/mol. The second kappa shape index (κ2) is 19.1. The number of fused-ring (bicyclic) bond motifs is 5. The highest BCUT2D eigenvalue weighted by atomic mass is 14.8. The van der Waals surface area contributed by atoms with Crippen LogP contribution in [0.25, 0.3) is 40.1 Å². The van der Waals surface area contributed by atoms with Gasteiger partial charge in [0.15, 0.2) is 0 Å². The van der Waals surface area contributed by atoms with Crippen molar-refractivity contribution in [2.45, 2.75) is 91.9 Å². The van der Waals surface area contributed by atoms with Crippen molar-refractivity contribution in [3.05, 3.63) is 196 Å². The van der Waals surface area contributed by atoms with Crippen LogP contribution in [0.2, 0.25) is 0 Å². The Labute approximate surface area is 349 Å². The fourth-order valence-electron chi connectivity index (χ4n) is 8.45. The summed E-state index contributed by atoms with van der Waals surface area (Å²) in [4.78, 5) is 0. The van der Waals surface area contributed by atoms with Crippen molar-refractivity contribution in [3.8, 4) is 11.1 Å². The number of nitrogen functional groups attached to an aromatic ring is 1. The summed E-state index contributed by atoms with van der Waals surface area (Å²) in [6.07, 6.45) is 25.0. The number of benzene rings is 5. The molecule has 0 amide bonds. The van der Waals surface area contributed by atoms with Gasteiger partial charge in [-0.2, -0.15) is 0 Å². The molecule has 0 saturated heterocycles. The predicted octanol–water partition coefficient (Wildman–Crippen LogP) is 16.0. The number of hydrogen-bond acceptors (Lipinski definition) is 2. The second-order valence-corrected chi connectivity index (χ2v) is 16.1. The van der Waals surface area contributed by atoms with Gasteiger partial charge in [-0.05, 0) is 152 Å². The molecule has 0 radical (unpaired) electrons. The van der Waals surface area contributed by atoms with E-state index in [1.807, 2.05) is 12.1 Å². The normalized spacial score (nSPS) is 16.1. The van der Waals surface area contributed by atoms with E-state index < -0.39 is 0 Å². The second-order valence-electron chi connectivity index (χ2n) is 16.1. The Bertz CT molecular complexity index is 2460. The highest BCUT2D eigenvalue weighted by Gasteiger charge is 2.35. The monoisotopic (exact) mass is 762 g/mol. The molecule has 0 bridgehead atoms. The molecule has 0 spiro atoms. The number of nitrogens with two attached hydrogens (primary N) is 1. The fraction of sp³-hybridized carbons (Fsp3) is 0.250. The Morgan fingerprint density at radius 1 is 0.690 bits per heavy atom. The first kappa shape index (κ1) is 41.8. The van der Waals surface area contributed by atoms with Crippen LogP contribution in [0, 0.1) is 0 Å². The lowest BCUT2D eigenvalue weighted by Crippen LogP contribution is -2.15. The van der Waals surface area contributed by atoms with Crippen molar-refractivity contribution in [2.75, 3.05) is 11.1 Å². The molecule has 2 aliphatic rings. The molecule has 0 aliphatic heterocycles. The maximum atomic E-state index is 6.11. The number of nitrogens with one attached hydrogen (secondary N) is 1. The minimum atomic E-state index is -0.0706. The van der Waals surface area contributed by atoms with E-state index in [0.29, 0.717) is 5.92 Å². The van der Waals surface area contributed by atoms with Crippen LogP contribution in [0.5, 0.6) is 0 Å². The van der Waals surface area contributed by atoms with E-state index in [-0.39, 0.29) is 5.41 Å². The standard InChI is InChI=1S/C35H36N2.C21H26/c1-5-25(13-11-24-12-14-27-9-7-8-10-28(27)21-24)26(6-2)19-20-37-30-16-18-32-31-17-15-29(36)22-33(31)35(3,4)34(32)23-30;1-5-18(6-2)19(7-3)13-11-17-12-14-20-10-8-9-16(4)21(20)15-17/h7-23,37H,5-6,36H2,1-4H3;5,8,10-16H,1,6-7,9H2,2-4H3/b13-11-,20-19+,26-25-;13-11-,19-18+. The smallest absolute Gasteiger partial charge is 0.0383 e. The molecule has 3 N–H and O–H groups in total. The van der Waals surface area contributed by atoms with Crippen LogP contribution < -0.4 is 11.1 Å². The van der Waals surface area contributed by atoms with E-state index in [1.54, 1.807) is 0 Å². The summed E-state index contributed by atoms with van der Waals surface area (Å²) in [6.45, 7) is 19.6. The van der Waals surface area contributed by atoms with Gasteiger partial charge in [0.05, 0.1) is 0 Å². The van der Waals surface area contributed by atoms with Gasteiger partial charge in [-0.3, -0.25) is 0 Å². The molecule has 58 heavy (non-hydrogen) atoms. The zero-order valence-electron chi connectivity index (χ0n) is 35.8. The lowest BCUT2D eigenvalue weighted by Gasteiger charge is -2.22. The van der Waals surface area contributed by atoms with Crippen LogP contribution in [0.4, 0.5) is 11.4 Å². The third kappa shape index (κ3) is 9.46. The molecule has 1 unspecified atom stereocenters. The van der Waals surface area contributed by atoms with E-state index in [2.05, 4.69) is 200 Å². The largest absolute Gasteiger partial charge is 0.399 e. The van der Waals surface area contributed by atoms with Gasteiger partial charge in [-0.1, -0.05) is 164 Å². The van der Waals surface area contributed by atoms with E-state index in [9.17, 15) is 0 Å². The molecule has 2 nitrogen and oxygen atoms in total. The van der Waals surface area contributed by atoms with Gasteiger partial charge >= 0.3 is 0 Å². The summed E-state index contributed by atoms with van der Waals surface area (Å²) in [5.41, 5.74) is 24.0. The molecular formula is C56H62N2. The number of allylic oxidation sites excluding steroid dienone is 9. The third-order valence-corrected chi connectivity index (χ3v) is 12.0. The molecule has 0 saturated carbocycles. The number of rotatable bonds is 12. The molecule has 296 valence electrons. The van der Waals surface area contributed by atoms with Crippen LogP contribution in [-0.2, 0) is 5.41 Å². The van der Waals surface area contributed by atoms with Crippen molar-refractivity contribution in [1.29, 1.82) is 0 Å². The maximum Gasteiger partial charge on any atom is 0.0383 e. The molecule has 2 aliphatic carbocycles. The van der Waals surface area contributed by atoms with Crippen LogP contribution in [0.3, 0.4) is 0 Å². The molecule has 0 heterocycles. The fourth-order valence-corrected chi connectivity index (χ4v) is 8.45. The molecular weight excluding hydrogens is 701 g/mol. The van der Waals surface area contributed by atoms with Gasteiger partial charge in [-0.25, -0.2) is 0 Å². The first-order valence-corrected chi connectivity index (χ1v) is 21.3. The minimum Gasteiger partial charge on any atom is -0.399 e. The summed E-state index contributed by atoms with van der Waals surface area (Å²) < 4.78 is 0. The molecule has 5 aromatic rings. The topological polar surface area (TPSA) is 38.0 Å². The van der Waals surface area contributed by atoms with Crippen LogP contribution >= 0.6 is 0 Å². The SMILES string of the molecule is C=C/C(CC)=C(\C=C/c1ccc2c(c1)C(C)CC=C2)CC.CCC(/C=C\c1ccc2ccccc2c1)=C(/C=C/Nc1ccc2c(c1)C(C)(C)c1cc(N)ccc1-2)CC. The van der Waals surface area contributed by atoms with Gasteiger partial charge in [-0.15, -0.1) is 0 Å². The Kier molecular flexibility index (Phi) is 13.7. The maximum absolute atomic E-state index is 6.11. The molecule has 2 heteroatoms. The summed E-state index contributed by atoms with van der Waals surface area (Å²) in [7, 11) is 0. The molecule has 0 aromatic heterocycles. The lowest BCUT2D eigenvalue weighted by atomic mass is 9.82. The Morgan fingerprint density at radius 2 is 1.29 bits per heavy atom. The first-order chi connectivity index (χ1) is 28.1. The van der Waals surface area contributed by atoms with E-state index in [1.165, 1.54) is 77.6 Å². The summed E-state index contributed by atoms with van der Waals surface area (Å²) in [5, 5.41) is 6.07. The van der Waals surface area contributed by atoms with Gasteiger partial charge < -0.3 is 11.1 Å². The number of hydrogen-bond donors (Lipinski definition) is 2. The van der Waals surface area contributed by atoms with E-state index >= 15 is 0 Å². The van der Waals surface area contributed by atoms with Crippen molar-refractivity contribution in [1.82, 2.24) is 0 Å². The van der Waals surface area contributed by atoms with Crippen molar-refractivity contribution in [2.24, 2.45) is 0 Å². The average molecular weight is 763 g/mol.